The van der Waals surface area contributed by atoms with Crippen molar-refractivity contribution in [2.24, 2.45) is 0 Å². The number of rotatable bonds is 4. The molecule has 3 nitrogen and oxygen atoms in total. The third-order valence-electron chi connectivity index (χ3n) is 2.35. The van der Waals surface area contributed by atoms with Gasteiger partial charge in [-0.25, -0.2) is 0 Å². The molecule has 0 saturated carbocycles. The number of likely N-dealkylation sites (N-methyl/N-ethyl adjacent to an activating group) is 1. The third-order valence-corrected chi connectivity index (χ3v) is 3.06. The summed E-state index contributed by atoms with van der Waals surface area (Å²) < 4.78 is 0. The van der Waals surface area contributed by atoms with Crippen LogP contribution in [0.25, 0.3) is 0 Å². The molecule has 0 aliphatic rings. The Morgan fingerprint density at radius 1 is 1.47 bits per heavy atom. The first-order chi connectivity index (χ1) is 7.02. The van der Waals surface area contributed by atoms with E-state index in [1.54, 1.807) is 30.3 Å². The fourth-order valence-corrected chi connectivity index (χ4v) is 2.21. The van der Waals surface area contributed by atoms with Gasteiger partial charge in [0.05, 0.1) is 6.04 Å². The Morgan fingerprint density at radius 3 is 2.60 bits per heavy atom. The van der Waals surface area contributed by atoms with E-state index in [-0.39, 0.29) is 18.0 Å². The quantitative estimate of drug-likeness (QED) is 0.850. The first kappa shape index (κ1) is 12.2. The summed E-state index contributed by atoms with van der Waals surface area (Å²) in [6.07, 6.45) is 0. The maximum Gasteiger partial charge on any atom is 0.238 e. The van der Waals surface area contributed by atoms with Gasteiger partial charge < -0.3 is 4.90 Å². The van der Waals surface area contributed by atoms with Crippen molar-refractivity contribution in [3.8, 4) is 0 Å². The maximum atomic E-state index is 11.6. The molecule has 1 rings (SSSR count). The molecule has 15 heavy (non-hydrogen) atoms. The van der Waals surface area contributed by atoms with E-state index < -0.39 is 0 Å². The number of carbonyl (C=O) groups excluding carboxylic acids is 1. The molecule has 0 saturated heterocycles. The summed E-state index contributed by atoms with van der Waals surface area (Å²) in [6.45, 7) is 3.96. The highest BCUT2D eigenvalue weighted by molar-refractivity contribution is 7.07. The molecule has 4 heteroatoms. The van der Waals surface area contributed by atoms with Gasteiger partial charge in [-0.2, -0.15) is 11.3 Å². The minimum absolute atomic E-state index is 0.108. The van der Waals surface area contributed by atoms with E-state index in [2.05, 4.69) is 23.7 Å². The predicted molar refractivity (Wildman–Crippen MR) is 64.0 cm³/mol. The molecular weight excluding hydrogens is 208 g/mol. The fraction of sp³-hybridized carbons (Fsp3) is 0.545. The van der Waals surface area contributed by atoms with Crippen LogP contribution in [0.1, 0.15) is 25.5 Å². The topological polar surface area (TPSA) is 32.3 Å². The van der Waals surface area contributed by atoms with Gasteiger partial charge in [0, 0.05) is 20.1 Å². The van der Waals surface area contributed by atoms with Crippen LogP contribution in [0.3, 0.4) is 0 Å². The number of hydrogen-bond acceptors (Lipinski definition) is 3. The van der Waals surface area contributed by atoms with E-state index in [9.17, 15) is 4.79 Å². The van der Waals surface area contributed by atoms with Gasteiger partial charge in [0.1, 0.15) is 0 Å². The van der Waals surface area contributed by atoms with Crippen LogP contribution in [0.15, 0.2) is 16.8 Å². The zero-order valence-electron chi connectivity index (χ0n) is 9.65. The fourth-order valence-electron chi connectivity index (χ4n) is 1.45. The molecule has 0 aromatic carbocycles. The summed E-state index contributed by atoms with van der Waals surface area (Å²) in [5.74, 6) is 0.108. The molecule has 1 aromatic heterocycles. The molecule has 2 atom stereocenters. The summed E-state index contributed by atoms with van der Waals surface area (Å²) in [4.78, 5) is 13.2. The Kier molecular flexibility index (Phi) is 4.29. The smallest absolute Gasteiger partial charge is 0.238 e. The van der Waals surface area contributed by atoms with Crippen molar-refractivity contribution in [2.45, 2.75) is 25.9 Å². The number of nitrogens with one attached hydrogen (secondary N) is 1. The Bertz CT molecular complexity index is 308. The van der Waals surface area contributed by atoms with Gasteiger partial charge in [0.25, 0.3) is 0 Å². The molecule has 84 valence electrons. The standard InChI is InChI=1S/C11H18N2OS/c1-8(10-5-6-15-7-10)12-9(2)11(14)13(3)4/h5-9,12H,1-4H3/t8?,9-/m1/s1. The van der Waals surface area contributed by atoms with E-state index in [4.69, 9.17) is 0 Å². The second-order valence-corrected chi connectivity index (χ2v) is 4.68. The molecule has 0 aliphatic carbocycles. The van der Waals surface area contributed by atoms with Gasteiger partial charge in [-0.1, -0.05) is 0 Å². The zero-order chi connectivity index (χ0) is 11.4. The van der Waals surface area contributed by atoms with E-state index in [1.807, 2.05) is 12.3 Å². The molecule has 0 fully saturated rings. The van der Waals surface area contributed by atoms with Gasteiger partial charge in [-0.15, -0.1) is 0 Å². The van der Waals surface area contributed by atoms with Crippen molar-refractivity contribution >= 4 is 17.2 Å². The maximum absolute atomic E-state index is 11.6. The largest absolute Gasteiger partial charge is 0.347 e. The van der Waals surface area contributed by atoms with Crippen molar-refractivity contribution in [1.29, 1.82) is 0 Å². The second kappa shape index (κ2) is 5.28. The average Bonchev–Trinajstić information content (AvgIpc) is 2.68. The summed E-state index contributed by atoms with van der Waals surface area (Å²) in [6, 6.07) is 2.15. The van der Waals surface area contributed by atoms with Crippen LogP contribution in [0.2, 0.25) is 0 Å². The van der Waals surface area contributed by atoms with Gasteiger partial charge in [0.2, 0.25) is 5.91 Å². The lowest BCUT2D eigenvalue weighted by Crippen LogP contribution is -2.42. The molecule has 1 aromatic rings. The van der Waals surface area contributed by atoms with Crippen LogP contribution in [-0.4, -0.2) is 30.9 Å². The highest BCUT2D eigenvalue weighted by Crippen LogP contribution is 2.16. The molecule has 1 heterocycles. The SMILES string of the molecule is CC(N[C@H](C)C(=O)N(C)C)c1ccsc1. The Labute approximate surface area is 95.1 Å². The highest BCUT2D eigenvalue weighted by Gasteiger charge is 2.17. The lowest BCUT2D eigenvalue weighted by molar-refractivity contribution is -0.130. The van der Waals surface area contributed by atoms with E-state index in [1.165, 1.54) is 5.56 Å². The van der Waals surface area contributed by atoms with Crippen LogP contribution in [0.4, 0.5) is 0 Å². The van der Waals surface area contributed by atoms with Gasteiger partial charge >= 0.3 is 0 Å². The highest BCUT2D eigenvalue weighted by atomic mass is 32.1. The minimum atomic E-state index is -0.144. The number of hydrogen-bond donors (Lipinski definition) is 1. The molecule has 1 amide bonds. The van der Waals surface area contributed by atoms with Crippen LogP contribution < -0.4 is 5.32 Å². The van der Waals surface area contributed by atoms with E-state index in [0.717, 1.165) is 0 Å². The van der Waals surface area contributed by atoms with E-state index in [0.29, 0.717) is 0 Å². The molecule has 1 N–H and O–H groups in total. The second-order valence-electron chi connectivity index (χ2n) is 3.90. The van der Waals surface area contributed by atoms with Crippen LogP contribution in [-0.2, 0) is 4.79 Å². The van der Waals surface area contributed by atoms with Gasteiger partial charge in [-0.05, 0) is 36.2 Å². The molecule has 0 aliphatic heterocycles. The monoisotopic (exact) mass is 226 g/mol. The average molecular weight is 226 g/mol. The summed E-state index contributed by atoms with van der Waals surface area (Å²) in [5, 5.41) is 7.43. The Morgan fingerprint density at radius 2 is 2.13 bits per heavy atom. The summed E-state index contributed by atoms with van der Waals surface area (Å²) in [7, 11) is 3.55. The first-order valence-corrected chi connectivity index (χ1v) is 5.96. The van der Waals surface area contributed by atoms with Crippen molar-refractivity contribution in [1.82, 2.24) is 10.2 Å². The normalized spacial score (nSPS) is 14.7. The Balaban J connectivity index is 2.52. The Hall–Kier alpha value is -0.870. The number of thiophene rings is 1. The molecular formula is C11H18N2OS. The van der Waals surface area contributed by atoms with E-state index >= 15 is 0 Å². The lowest BCUT2D eigenvalue weighted by atomic mass is 10.1. The predicted octanol–water partition coefficient (Wildman–Crippen LogP) is 1.88. The number of carbonyl (C=O) groups is 1. The summed E-state index contributed by atoms with van der Waals surface area (Å²) >= 11 is 1.67. The molecule has 0 radical (unpaired) electrons. The van der Waals surface area contributed by atoms with Gasteiger partial charge in [0.15, 0.2) is 0 Å². The third kappa shape index (κ3) is 3.32. The molecule has 1 unspecified atom stereocenters. The minimum Gasteiger partial charge on any atom is -0.347 e. The lowest BCUT2D eigenvalue weighted by Gasteiger charge is -2.21. The van der Waals surface area contributed by atoms with Crippen LogP contribution in [0.5, 0.6) is 0 Å². The van der Waals surface area contributed by atoms with Crippen molar-refractivity contribution < 1.29 is 4.79 Å². The van der Waals surface area contributed by atoms with Crippen LogP contribution in [0, 0.1) is 0 Å². The van der Waals surface area contributed by atoms with Crippen molar-refractivity contribution in [3.05, 3.63) is 22.4 Å². The van der Waals surface area contributed by atoms with Gasteiger partial charge in [-0.3, -0.25) is 10.1 Å². The molecule has 0 bridgehead atoms. The van der Waals surface area contributed by atoms with Crippen molar-refractivity contribution in [3.63, 3.8) is 0 Å². The van der Waals surface area contributed by atoms with Crippen LogP contribution >= 0.6 is 11.3 Å². The summed E-state index contributed by atoms with van der Waals surface area (Å²) in [5.41, 5.74) is 1.23. The number of amides is 1. The zero-order valence-corrected chi connectivity index (χ0v) is 10.5. The van der Waals surface area contributed by atoms with Crippen molar-refractivity contribution in [2.75, 3.05) is 14.1 Å². The number of nitrogens with zero attached hydrogens (tertiary/aromatic N) is 1. The molecule has 0 spiro atoms. The first-order valence-electron chi connectivity index (χ1n) is 5.01.